The van der Waals surface area contributed by atoms with E-state index in [-0.39, 0.29) is 0 Å². The Labute approximate surface area is 99.0 Å². The molecule has 0 fully saturated rings. The van der Waals surface area contributed by atoms with Gasteiger partial charge in [0.1, 0.15) is 0 Å². The van der Waals surface area contributed by atoms with Crippen LogP contribution in [0.5, 0.6) is 0 Å². The second-order valence-electron chi connectivity index (χ2n) is 3.58. The van der Waals surface area contributed by atoms with Crippen LogP contribution in [0.2, 0.25) is 5.02 Å². The van der Waals surface area contributed by atoms with Crippen molar-refractivity contribution in [3.63, 3.8) is 0 Å². The van der Waals surface area contributed by atoms with Gasteiger partial charge in [0.15, 0.2) is 5.82 Å². The first-order valence-electron chi connectivity index (χ1n) is 4.90. The van der Waals surface area contributed by atoms with Crippen molar-refractivity contribution in [1.29, 1.82) is 0 Å². The first-order valence-corrected chi connectivity index (χ1v) is 5.28. The second kappa shape index (κ2) is 4.06. The van der Waals surface area contributed by atoms with Crippen LogP contribution < -0.4 is 11.1 Å². The number of hydrogen-bond acceptors (Lipinski definition) is 3. The van der Waals surface area contributed by atoms with Crippen LogP contribution in [0.3, 0.4) is 0 Å². The lowest BCUT2D eigenvalue weighted by Crippen LogP contribution is -2.01. The summed E-state index contributed by atoms with van der Waals surface area (Å²) in [5.41, 5.74) is 8.17. The lowest BCUT2D eigenvalue weighted by atomic mass is 10.3. The van der Waals surface area contributed by atoms with Gasteiger partial charge in [-0.3, -0.25) is 4.68 Å². The molecule has 0 saturated heterocycles. The summed E-state index contributed by atoms with van der Waals surface area (Å²) in [6, 6.07) is 7.51. The van der Waals surface area contributed by atoms with Gasteiger partial charge in [-0.15, -0.1) is 0 Å². The molecule has 0 bridgehead atoms. The SMILES string of the molecule is Cc1nn(C)c(Nc2ccccc2Cl)c1N. The molecule has 1 heterocycles. The van der Waals surface area contributed by atoms with E-state index in [0.29, 0.717) is 10.7 Å². The summed E-state index contributed by atoms with van der Waals surface area (Å²) in [5, 5.41) is 8.05. The Hall–Kier alpha value is -1.68. The Balaban J connectivity index is 2.38. The number of aromatic nitrogens is 2. The van der Waals surface area contributed by atoms with E-state index in [1.165, 1.54) is 0 Å². The molecule has 0 unspecified atom stereocenters. The van der Waals surface area contributed by atoms with E-state index >= 15 is 0 Å². The van der Waals surface area contributed by atoms with Gasteiger partial charge in [-0.25, -0.2) is 0 Å². The molecule has 3 N–H and O–H groups in total. The van der Waals surface area contributed by atoms with E-state index in [0.717, 1.165) is 17.2 Å². The van der Waals surface area contributed by atoms with E-state index in [1.54, 1.807) is 4.68 Å². The van der Waals surface area contributed by atoms with Gasteiger partial charge in [0.2, 0.25) is 0 Å². The lowest BCUT2D eigenvalue weighted by Gasteiger charge is -2.08. The fraction of sp³-hybridized carbons (Fsp3) is 0.182. The monoisotopic (exact) mass is 236 g/mol. The summed E-state index contributed by atoms with van der Waals surface area (Å²) in [4.78, 5) is 0. The molecule has 16 heavy (non-hydrogen) atoms. The van der Waals surface area contributed by atoms with Crippen molar-refractivity contribution in [1.82, 2.24) is 9.78 Å². The highest BCUT2D eigenvalue weighted by atomic mass is 35.5. The normalized spacial score (nSPS) is 10.4. The van der Waals surface area contributed by atoms with Gasteiger partial charge >= 0.3 is 0 Å². The summed E-state index contributed by atoms with van der Waals surface area (Å²) in [7, 11) is 1.84. The van der Waals surface area contributed by atoms with Gasteiger partial charge in [-0.05, 0) is 19.1 Å². The number of nitrogens with zero attached hydrogens (tertiary/aromatic N) is 2. The van der Waals surface area contributed by atoms with E-state index in [4.69, 9.17) is 17.3 Å². The lowest BCUT2D eigenvalue weighted by molar-refractivity contribution is 0.765. The van der Waals surface area contributed by atoms with Crippen LogP contribution in [0, 0.1) is 6.92 Å². The third-order valence-corrected chi connectivity index (χ3v) is 2.73. The quantitative estimate of drug-likeness (QED) is 0.843. The molecule has 0 saturated carbocycles. The molecule has 4 nitrogen and oxygen atoms in total. The number of anilines is 3. The fourth-order valence-electron chi connectivity index (χ4n) is 1.51. The third kappa shape index (κ3) is 1.84. The summed E-state index contributed by atoms with van der Waals surface area (Å²) in [5.74, 6) is 0.755. The summed E-state index contributed by atoms with van der Waals surface area (Å²) in [6.45, 7) is 1.87. The number of rotatable bonds is 2. The maximum absolute atomic E-state index is 6.05. The van der Waals surface area contributed by atoms with Crippen molar-refractivity contribution in [3.05, 3.63) is 35.0 Å². The molecular formula is C11H13ClN4. The molecule has 5 heteroatoms. The average Bonchev–Trinajstić information content (AvgIpc) is 2.48. The minimum Gasteiger partial charge on any atom is -0.394 e. The molecule has 0 amide bonds. The molecule has 0 aliphatic heterocycles. The van der Waals surface area contributed by atoms with E-state index in [9.17, 15) is 0 Å². The fourth-order valence-corrected chi connectivity index (χ4v) is 1.70. The van der Waals surface area contributed by atoms with Crippen molar-refractivity contribution >= 4 is 28.8 Å². The van der Waals surface area contributed by atoms with Crippen molar-refractivity contribution in [2.75, 3.05) is 11.1 Å². The maximum Gasteiger partial charge on any atom is 0.152 e. The van der Waals surface area contributed by atoms with Gasteiger partial charge < -0.3 is 11.1 Å². The standard InChI is InChI=1S/C11H13ClN4/c1-7-10(13)11(16(2)15-7)14-9-6-4-3-5-8(9)12/h3-6,14H,13H2,1-2H3. The predicted octanol–water partition coefficient (Wildman–Crippen LogP) is 2.71. The highest BCUT2D eigenvalue weighted by Crippen LogP contribution is 2.29. The Morgan fingerprint density at radius 2 is 2.06 bits per heavy atom. The number of aryl methyl sites for hydroxylation is 2. The number of hydrogen-bond donors (Lipinski definition) is 2. The molecule has 0 aliphatic carbocycles. The van der Waals surface area contributed by atoms with Crippen LogP contribution in [-0.2, 0) is 7.05 Å². The first-order chi connectivity index (χ1) is 7.59. The van der Waals surface area contributed by atoms with Gasteiger partial charge in [-0.1, -0.05) is 23.7 Å². The number of nitrogens with one attached hydrogen (secondary N) is 1. The average molecular weight is 237 g/mol. The van der Waals surface area contributed by atoms with Crippen molar-refractivity contribution < 1.29 is 0 Å². The smallest absolute Gasteiger partial charge is 0.152 e. The summed E-state index contributed by atoms with van der Waals surface area (Å²) in [6.07, 6.45) is 0. The van der Waals surface area contributed by atoms with E-state index < -0.39 is 0 Å². The molecular weight excluding hydrogens is 224 g/mol. The highest BCUT2D eigenvalue weighted by molar-refractivity contribution is 6.33. The molecule has 1 aromatic heterocycles. The molecule has 2 aromatic rings. The third-order valence-electron chi connectivity index (χ3n) is 2.40. The molecule has 1 aromatic carbocycles. The molecule has 2 rings (SSSR count). The Bertz CT molecular complexity index is 519. The molecule has 0 atom stereocenters. The summed E-state index contributed by atoms with van der Waals surface area (Å²) >= 11 is 6.05. The van der Waals surface area contributed by atoms with Crippen LogP contribution in [-0.4, -0.2) is 9.78 Å². The number of para-hydroxylation sites is 1. The Morgan fingerprint density at radius 3 is 2.62 bits per heavy atom. The van der Waals surface area contributed by atoms with E-state index in [2.05, 4.69) is 10.4 Å². The topological polar surface area (TPSA) is 55.9 Å². The zero-order valence-electron chi connectivity index (χ0n) is 9.16. The Kier molecular flexibility index (Phi) is 2.75. The van der Waals surface area contributed by atoms with Crippen molar-refractivity contribution in [3.8, 4) is 0 Å². The minimum absolute atomic E-state index is 0.641. The van der Waals surface area contributed by atoms with Crippen molar-refractivity contribution in [2.24, 2.45) is 7.05 Å². The van der Waals surface area contributed by atoms with Gasteiger partial charge in [0.25, 0.3) is 0 Å². The zero-order chi connectivity index (χ0) is 11.7. The first kappa shape index (κ1) is 10.8. The largest absolute Gasteiger partial charge is 0.394 e. The maximum atomic E-state index is 6.05. The van der Waals surface area contributed by atoms with Crippen LogP contribution in [0.4, 0.5) is 17.2 Å². The van der Waals surface area contributed by atoms with Gasteiger partial charge in [0, 0.05) is 7.05 Å². The predicted molar refractivity (Wildman–Crippen MR) is 67.1 cm³/mol. The second-order valence-corrected chi connectivity index (χ2v) is 3.98. The molecule has 84 valence electrons. The van der Waals surface area contributed by atoms with Crippen molar-refractivity contribution in [2.45, 2.75) is 6.92 Å². The minimum atomic E-state index is 0.641. The van der Waals surface area contributed by atoms with Gasteiger partial charge in [0.05, 0.1) is 22.1 Å². The molecule has 0 spiro atoms. The van der Waals surface area contributed by atoms with E-state index in [1.807, 2.05) is 38.2 Å². The summed E-state index contributed by atoms with van der Waals surface area (Å²) < 4.78 is 1.70. The highest BCUT2D eigenvalue weighted by Gasteiger charge is 2.10. The number of nitrogen functional groups attached to an aromatic ring is 1. The molecule has 0 radical (unpaired) electrons. The number of halogens is 1. The number of benzene rings is 1. The van der Waals surface area contributed by atoms with Crippen LogP contribution >= 0.6 is 11.6 Å². The van der Waals surface area contributed by atoms with Crippen LogP contribution in [0.1, 0.15) is 5.69 Å². The van der Waals surface area contributed by atoms with Crippen LogP contribution in [0.25, 0.3) is 0 Å². The van der Waals surface area contributed by atoms with Gasteiger partial charge in [-0.2, -0.15) is 5.10 Å². The van der Waals surface area contributed by atoms with Crippen LogP contribution in [0.15, 0.2) is 24.3 Å². The number of nitrogens with two attached hydrogens (primary N) is 1. The Morgan fingerprint density at radius 1 is 1.38 bits per heavy atom. The zero-order valence-corrected chi connectivity index (χ0v) is 9.92. The molecule has 0 aliphatic rings.